The predicted octanol–water partition coefficient (Wildman–Crippen LogP) is -1.39. The molecule has 1 rings (SSSR count). The molecule has 15 heavy (non-hydrogen) atoms. The molecule has 1 aliphatic carbocycles. The van der Waals surface area contributed by atoms with E-state index in [0.29, 0.717) is 12.8 Å². The minimum atomic E-state index is -4.78. The molecule has 2 unspecified atom stereocenters. The van der Waals surface area contributed by atoms with Gasteiger partial charge in [0.2, 0.25) is 0 Å². The molecule has 0 aliphatic heterocycles. The summed E-state index contributed by atoms with van der Waals surface area (Å²) < 4.78 is 36.4. The number of halogens is 3. The molecule has 0 aromatic heterocycles. The van der Waals surface area contributed by atoms with Gasteiger partial charge in [0.05, 0.1) is 6.10 Å². The number of hydrogen-bond acceptors (Lipinski definition) is 2. The van der Waals surface area contributed by atoms with Gasteiger partial charge in [-0.3, -0.25) is 0 Å². The summed E-state index contributed by atoms with van der Waals surface area (Å²) in [4.78, 5) is 1.24. The molecule has 2 atom stereocenters. The molecule has 0 radical (unpaired) electrons. The molecule has 84 valence electrons. The molecule has 0 bridgehead atoms. The molecular weight excluding hydrogens is 233 g/mol. The predicted molar refractivity (Wildman–Crippen MR) is 50.0 cm³/mol. The first kappa shape index (κ1) is 16.4. The van der Waals surface area contributed by atoms with E-state index >= 15 is 0 Å². The van der Waals surface area contributed by atoms with Crippen molar-refractivity contribution >= 4 is 6.98 Å². The molecule has 1 N–H and O–H groups in total. The Bertz CT molecular complexity index is 193. The van der Waals surface area contributed by atoms with Crippen molar-refractivity contribution in [2.45, 2.75) is 37.8 Å². The van der Waals surface area contributed by atoms with Crippen LogP contribution in [0.2, 0.25) is 0 Å². The fourth-order valence-electron chi connectivity index (χ4n) is 2.07. The van der Waals surface area contributed by atoms with Crippen molar-refractivity contribution in [3.05, 3.63) is 0 Å². The van der Waals surface area contributed by atoms with E-state index in [-0.39, 0.29) is 57.4 Å². The maximum atomic E-state index is 12.1. The van der Waals surface area contributed by atoms with E-state index in [1.165, 1.54) is 11.9 Å². The molecule has 0 aromatic rings. The van der Waals surface area contributed by atoms with Crippen LogP contribution in [0.15, 0.2) is 0 Å². The van der Waals surface area contributed by atoms with Gasteiger partial charge < -0.3 is 23.0 Å². The van der Waals surface area contributed by atoms with Crippen molar-refractivity contribution in [2.75, 3.05) is 13.5 Å². The van der Waals surface area contributed by atoms with Crippen LogP contribution in [0.5, 0.6) is 0 Å². The van der Waals surface area contributed by atoms with Crippen molar-refractivity contribution in [3.63, 3.8) is 0 Å². The minimum absolute atomic E-state index is 0. The average Bonchev–Trinajstić information content (AvgIpc) is 2.01. The Balaban J connectivity index is 0.00000196. The second-order valence-electron chi connectivity index (χ2n) is 4.07. The number of rotatable bonds is 3. The van der Waals surface area contributed by atoms with Gasteiger partial charge in [-0.25, -0.2) is 0 Å². The Morgan fingerprint density at radius 2 is 1.80 bits per heavy atom. The monoisotopic (exact) mass is 249 g/mol. The first-order chi connectivity index (χ1) is 6.40. The third kappa shape index (κ3) is 6.05. The van der Waals surface area contributed by atoms with Gasteiger partial charge in [0.25, 0.3) is 0 Å². The van der Waals surface area contributed by atoms with E-state index in [0.717, 1.165) is 12.8 Å². The van der Waals surface area contributed by atoms with Crippen molar-refractivity contribution in [2.24, 2.45) is 0 Å². The van der Waals surface area contributed by atoms with Crippen LogP contribution in [0.1, 0.15) is 25.7 Å². The topological polar surface area (TPSA) is 23.5 Å². The van der Waals surface area contributed by atoms with Crippen molar-refractivity contribution in [1.29, 1.82) is 0 Å². The minimum Gasteiger partial charge on any atom is -0.448 e. The van der Waals surface area contributed by atoms with E-state index in [4.69, 9.17) is 0 Å². The Kier molecular flexibility index (Phi) is 7.64. The average molecular weight is 249 g/mol. The summed E-state index contributed by atoms with van der Waals surface area (Å²) in [5, 5.41) is 9.53. The van der Waals surface area contributed by atoms with Gasteiger partial charge in [-0.1, -0.05) is 12.8 Å². The normalized spacial score (nSPS) is 27.6. The maximum Gasteiger partial charge on any atom is 1.00 e. The first-order valence-corrected chi connectivity index (χ1v) is 4.99. The van der Waals surface area contributed by atoms with Crippen LogP contribution in [0, 0.1) is 0 Å². The van der Waals surface area contributed by atoms with Gasteiger partial charge >= 0.3 is 58.4 Å². The summed E-state index contributed by atoms with van der Waals surface area (Å²) in [6, 6.07) is -0.313. The van der Waals surface area contributed by atoms with Gasteiger partial charge in [0.1, 0.15) is 0 Å². The van der Waals surface area contributed by atoms with Gasteiger partial charge in [0.15, 0.2) is 0 Å². The zero-order chi connectivity index (χ0) is 10.8. The zero-order valence-electron chi connectivity index (χ0n) is 9.30. The summed E-state index contributed by atoms with van der Waals surface area (Å²) in [5.41, 5.74) is 0. The SMILES string of the molecule is CN(C[B-](F)(F)F)C1CCCCC1O.[K+]. The van der Waals surface area contributed by atoms with Crippen LogP contribution >= 0.6 is 0 Å². The van der Waals surface area contributed by atoms with Crippen molar-refractivity contribution in [3.8, 4) is 0 Å². The molecule has 0 heterocycles. The largest absolute Gasteiger partial charge is 1.00 e. The molecule has 0 amide bonds. The van der Waals surface area contributed by atoms with Crippen LogP contribution in [0.4, 0.5) is 12.9 Å². The van der Waals surface area contributed by atoms with Crippen LogP contribution in [0.25, 0.3) is 0 Å². The van der Waals surface area contributed by atoms with E-state index in [1.807, 2.05) is 0 Å². The standard InChI is InChI=1S/C8H16BF3NO.K/c1-13(6-9(10,11)12)7-4-2-3-5-8(7)14;/h7-8,14H,2-6H2,1H3;/q-1;+1. The Morgan fingerprint density at radius 3 is 2.27 bits per heavy atom. The summed E-state index contributed by atoms with van der Waals surface area (Å²) >= 11 is 0. The Hall–Kier alpha value is 1.41. The number of hydrogen-bond donors (Lipinski definition) is 1. The molecule has 0 aromatic carbocycles. The number of nitrogens with zero attached hydrogens (tertiary/aromatic N) is 1. The van der Waals surface area contributed by atoms with Crippen molar-refractivity contribution in [1.82, 2.24) is 4.90 Å². The van der Waals surface area contributed by atoms with E-state index in [9.17, 15) is 18.1 Å². The van der Waals surface area contributed by atoms with Gasteiger partial charge in [0, 0.05) is 6.04 Å². The second kappa shape index (κ2) is 6.98. The molecule has 1 saturated carbocycles. The van der Waals surface area contributed by atoms with Crippen LogP contribution in [0.3, 0.4) is 0 Å². The molecule has 2 nitrogen and oxygen atoms in total. The molecule has 1 fully saturated rings. The zero-order valence-corrected chi connectivity index (χ0v) is 12.4. The number of likely N-dealkylation sites (N-methyl/N-ethyl adjacent to an activating group) is 1. The summed E-state index contributed by atoms with van der Waals surface area (Å²) in [6.07, 6.45) is 1.66. The number of aliphatic hydroxyl groups excluding tert-OH is 1. The molecule has 0 saturated heterocycles. The first-order valence-electron chi connectivity index (χ1n) is 4.99. The second-order valence-corrected chi connectivity index (χ2v) is 4.07. The van der Waals surface area contributed by atoms with Crippen molar-refractivity contribution < 1.29 is 69.4 Å². The van der Waals surface area contributed by atoms with Crippen LogP contribution in [-0.2, 0) is 0 Å². The Morgan fingerprint density at radius 1 is 1.27 bits per heavy atom. The third-order valence-electron chi connectivity index (χ3n) is 2.76. The smallest absolute Gasteiger partial charge is 0.448 e. The third-order valence-corrected chi connectivity index (χ3v) is 2.76. The number of aliphatic hydroxyl groups is 1. The van der Waals surface area contributed by atoms with Gasteiger partial charge in [-0.15, -0.1) is 0 Å². The van der Waals surface area contributed by atoms with Gasteiger partial charge in [-0.2, -0.15) is 0 Å². The molecule has 0 spiro atoms. The fourth-order valence-corrected chi connectivity index (χ4v) is 2.07. The fraction of sp³-hybridized carbons (Fsp3) is 1.00. The van der Waals surface area contributed by atoms with Gasteiger partial charge in [-0.05, 0) is 26.3 Å². The van der Waals surface area contributed by atoms with E-state index in [1.54, 1.807) is 0 Å². The van der Waals surface area contributed by atoms with E-state index < -0.39 is 19.5 Å². The van der Waals surface area contributed by atoms with Crippen LogP contribution < -0.4 is 51.4 Å². The Labute approximate surface area is 131 Å². The van der Waals surface area contributed by atoms with Crippen LogP contribution in [-0.4, -0.2) is 42.6 Å². The summed E-state index contributed by atoms with van der Waals surface area (Å²) in [5.74, 6) is 0. The maximum absolute atomic E-state index is 12.1. The summed E-state index contributed by atoms with van der Waals surface area (Å²) in [7, 11) is 1.44. The summed E-state index contributed by atoms with van der Waals surface area (Å²) in [6.45, 7) is -4.78. The molecular formula is C8H16BF3KNO. The quantitative estimate of drug-likeness (QED) is 0.623. The molecule has 1 aliphatic rings. The van der Waals surface area contributed by atoms with E-state index in [2.05, 4.69) is 0 Å². The molecule has 7 heteroatoms.